The molecule has 1 aliphatic heterocycles. The van der Waals surface area contributed by atoms with Gasteiger partial charge in [-0.25, -0.2) is 9.66 Å². The number of hydrogen-bond acceptors (Lipinski definition) is 4. The van der Waals surface area contributed by atoms with Crippen molar-refractivity contribution in [3.05, 3.63) is 66.4 Å². The minimum atomic E-state index is -0.0758. The molecule has 26 heavy (non-hydrogen) atoms. The zero-order valence-corrected chi connectivity index (χ0v) is 15.3. The van der Waals surface area contributed by atoms with E-state index in [9.17, 15) is 4.79 Å². The monoisotopic (exact) mass is 362 g/mol. The highest BCUT2D eigenvalue weighted by Gasteiger charge is 2.24. The van der Waals surface area contributed by atoms with Gasteiger partial charge in [0.05, 0.1) is 22.9 Å². The molecule has 3 aromatic rings. The van der Waals surface area contributed by atoms with Gasteiger partial charge in [0.25, 0.3) is 0 Å². The highest BCUT2D eigenvalue weighted by atomic mass is 32.2. The molecule has 0 saturated heterocycles. The van der Waals surface area contributed by atoms with Gasteiger partial charge < -0.3 is 5.32 Å². The van der Waals surface area contributed by atoms with Crippen molar-refractivity contribution >= 4 is 29.1 Å². The Kier molecular flexibility index (Phi) is 4.34. The van der Waals surface area contributed by atoms with Gasteiger partial charge in [-0.05, 0) is 24.6 Å². The lowest BCUT2D eigenvalue weighted by atomic mass is 10.1. The molecule has 1 amide bonds. The van der Waals surface area contributed by atoms with Gasteiger partial charge in [0, 0.05) is 18.2 Å². The molecule has 0 fully saturated rings. The molecule has 0 saturated carbocycles. The van der Waals surface area contributed by atoms with Crippen molar-refractivity contribution in [3.8, 4) is 11.3 Å². The van der Waals surface area contributed by atoms with E-state index < -0.39 is 0 Å². The molecule has 0 unspecified atom stereocenters. The van der Waals surface area contributed by atoms with Gasteiger partial charge in [-0.2, -0.15) is 5.10 Å². The van der Waals surface area contributed by atoms with Crippen molar-refractivity contribution in [2.45, 2.75) is 24.3 Å². The molecule has 1 aromatic heterocycles. The van der Waals surface area contributed by atoms with Gasteiger partial charge in [-0.15, -0.1) is 0 Å². The lowest BCUT2D eigenvalue weighted by molar-refractivity contribution is -0.114. The van der Waals surface area contributed by atoms with Crippen LogP contribution in [0.15, 0.2) is 71.1 Å². The Balaban J connectivity index is 1.66. The molecule has 4 rings (SSSR count). The Morgan fingerprint density at radius 3 is 2.50 bits per heavy atom. The van der Waals surface area contributed by atoms with Crippen LogP contribution < -0.4 is 5.32 Å². The van der Waals surface area contributed by atoms with Crippen molar-refractivity contribution in [1.82, 2.24) is 9.66 Å². The van der Waals surface area contributed by atoms with Crippen LogP contribution in [0.1, 0.15) is 19.4 Å². The highest BCUT2D eigenvalue weighted by molar-refractivity contribution is 8.00. The number of fused-ring (bicyclic) bond motifs is 1. The van der Waals surface area contributed by atoms with E-state index in [1.54, 1.807) is 11.8 Å². The van der Waals surface area contributed by atoms with Crippen LogP contribution in [0.25, 0.3) is 11.3 Å². The first kappa shape index (κ1) is 16.6. The number of aromatic nitrogens is 2. The Morgan fingerprint density at radius 1 is 1.08 bits per heavy atom. The number of carbonyl (C=O) groups excluding carboxylic acids is 1. The molecule has 2 aromatic carbocycles. The summed E-state index contributed by atoms with van der Waals surface area (Å²) in [6.45, 7) is 3.63. The molecule has 6 heteroatoms. The maximum atomic E-state index is 11.2. The Morgan fingerprint density at radius 2 is 1.81 bits per heavy atom. The third-order valence-corrected chi connectivity index (χ3v) is 5.18. The SMILES string of the molecule is CC(=O)Nc1ccc(C2=Nn3cc(-c4ccccc4)nc3S[C@H]2C)cc1. The van der Waals surface area contributed by atoms with E-state index in [-0.39, 0.29) is 11.2 Å². The predicted molar refractivity (Wildman–Crippen MR) is 106 cm³/mol. The second-order valence-electron chi connectivity index (χ2n) is 6.12. The summed E-state index contributed by atoms with van der Waals surface area (Å²) in [5.74, 6) is -0.0758. The van der Waals surface area contributed by atoms with Crippen molar-refractivity contribution < 1.29 is 4.79 Å². The van der Waals surface area contributed by atoms with Crippen LogP contribution in [0.2, 0.25) is 0 Å². The molecule has 5 nitrogen and oxygen atoms in total. The second-order valence-corrected chi connectivity index (χ2v) is 7.43. The molecular formula is C20H18N4OS. The van der Waals surface area contributed by atoms with Crippen molar-refractivity contribution in [2.24, 2.45) is 5.10 Å². The topological polar surface area (TPSA) is 59.3 Å². The van der Waals surface area contributed by atoms with Crippen LogP contribution in [0.4, 0.5) is 5.69 Å². The molecule has 0 aliphatic carbocycles. The molecule has 0 radical (unpaired) electrons. The van der Waals surface area contributed by atoms with Crippen LogP contribution in [0.3, 0.4) is 0 Å². The number of nitrogens with one attached hydrogen (secondary N) is 1. The van der Waals surface area contributed by atoms with Crippen LogP contribution in [-0.4, -0.2) is 26.5 Å². The van der Waals surface area contributed by atoms with E-state index in [4.69, 9.17) is 10.1 Å². The third-order valence-electron chi connectivity index (χ3n) is 4.11. The fourth-order valence-electron chi connectivity index (χ4n) is 2.89. The number of thioether (sulfide) groups is 1. The fraction of sp³-hybridized carbons (Fsp3) is 0.150. The smallest absolute Gasteiger partial charge is 0.221 e. The van der Waals surface area contributed by atoms with E-state index in [1.165, 1.54) is 6.92 Å². The van der Waals surface area contributed by atoms with Gasteiger partial charge in [0.1, 0.15) is 0 Å². The lowest BCUT2D eigenvalue weighted by Gasteiger charge is -2.19. The first-order chi connectivity index (χ1) is 12.6. The molecule has 2 heterocycles. The largest absolute Gasteiger partial charge is 0.326 e. The van der Waals surface area contributed by atoms with E-state index >= 15 is 0 Å². The Bertz CT molecular complexity index is 977. The van der Waals surface area contributed by atoms with Crippen LogP contribution in [0.5, 0.6) is 0 Å². The summed E-state index contributed by atoms with van der Waals surface area (Å²) in [6, 6.07) is 17.9. The maximum Gasteiger partial charge on any atom is 0.221 e. The summed E-state index contributed by atoms with van der Waals surface area (Å²) < 4.78 is 1.85. The molecular weight excluding hydrogens is 344 g/mol. The molecule has 1 atom stereocenters. The summed E-state index contributed by atoms with van der Waals surface area (Å²) in [5.41, 5.74) is 4.83. The summed E-state index contributed by atoms with van der Waals surface area (Å²) in [7, 11) is 0. The minimum Gasteiger partial charge on any atom is -0.326 e. The summed E-state index contributed by atoms with van der Waals surface area (Å²) in [6.07, 6.45) is 1.97. The van der Waals surface area contributed by atoms with E-state index in [1.807, 2.05) is 65.5 Å². The predicted octanol–water partition coefficient (Wildman–Crippen LogP) is 4.26. The zero-order chi connectivity index (χ0) is 18.1. The maximum absolute atomic E-state index is 11.2. The first-order valence-corrected chi connectivity index (χ1v) is 9.26. The fourth-order valence-corrected chi connectivity index (χ4v) is 3.85. The Labute approximate surface area is 156 Å². The second kappa shape index (κ2) is 6.80. The molecule has 0 spiro atoms. The van der Waals surface area contributed by atoms with Crippen LogP contribution >= 0.6 is 11.8 Å². The molecule has 0 bridgehead atoms. The van der Waals surface area contributed by atoms with Gasteiger partial charge >= 0.3 is 0 Å². The summed E-state index contributed by atoms with van der Waals surface area (Å²) >= 11 is 1.70. The quantitative estimate of drug-likeness (QED) is 0.757. The number of hydrogen-bond donors (Lipinski definition) is 1. The van der Waals surface area contributed by atoms with Crippen molar-refractivity contribution in [2.75, 3.05) is 5.32 Å². The molecule has 1 aliphatic rings. The van der Waals surface area contributed by atoms with Crippen molar-refractivity contribution in [1.29, 1.82) is 0 Å². The number of imidazole rings is 1. The van der Waals surface area contributed by atoms with Gasteiger partial charge in [-0.3, -0.25) is 4.79 Å². The van der Waals surface area contributed by atoms with Crippen LogP contribution in [0, 0.1) is 0 Å². The van der Waals surface area contributed by atoms with Gasteiger partial charge in [0.15, 0.2) is 5.16 Å². The normalized spacial score (nSPS) is 15.9. The van der Waals surface area contributed by atoms with E-state index in [2.05, 4.69) is 12.2 Å². The minimum absolute atomic E-state index is 0.0758. The van der Waals surface area contributed by atoms with Crippen LogP contribution in [-0.2, 0) is 4.79 Å². The molecule has 1 N–H and O–H groups in total. The number of anilines is 1. The molecule has 130 valence electrons. The Hall–Kier alpha value is -2.86. The number of carbonyl (C=O) groups is 1. The highest BCUT2D eigenvalue weighted by Crippen LogP contribution is 2.32. The number of benzene rings is 2. The summed E-state index contributed by atoms with van der Waals surface area (Å²) in [4.78, 5) is 15.9. The van der Waals surface area contributed by atoms with Gasteiger partial charge in [0.2, 0.25) is 5.91 Å². The van der Waals surface area contributed by atoms with E-state index in [0.717, 1.165) is 33.4 Å². The first-order valence-electron chi connectivity index (χ1n) is 8.38. The van der Waals surface area contributed by atoms with E-state index in [0.29, 0.717) is 0 Å². The number of rotatable bonds is 3. The lowest BCUT2D eigenvalue weighted by Crippen LogP contribution is -2.21. The average molecular weight is 362 g/mol. The average Bonchev–Trinajstić information content (AvgIpc) is 3.05. The standard InChI is InChI=1S/C20H18N4OS/c1-13-19(16-8-10-17(11-9-16)21-14(2)25)23-24-12-18(22-20(24)26-13)15-6-4-3-5-7-15/h3-13H,1-2H3,(H,21,25)/t13-/m0/s1. The summed E-state index contributed by atoms with van der Waals surface area (Å²) in [5, 5.41) is 8.67. The third kappa shape index (κ3) is 3.28. The van der Waals surface area contributed by atoms with Gasteiger partial charge in [-0.1, -0.05) is 54.2 Å². The van der Waals surface area contributed by atoms with Crippen molar-refractivity contribution in [3.63, 3.8) is 0 Å². The zero-order valence-electron chi connectivity index (χ0n) is 14.5. The number of amides is 1. The number of nitrogens with zero attached hydrogens (tertiary/aromatic N) is 3.